The van der Waals surface area contributed by atoms with E-state index in [1.807, 2.05) is 6.92 Å². The van der Waals surface area contributed by atoms with Crippen LogP contribution < -0.4 is 5.32 Å². The lowest BCUT2D eigenvalue weighted by atomic mass is 10.1. The minimum absolute atomic E-state index is 0.0345. The highest BCUT2D eigenvalue weighted by Crippen LogP contribution is 2.17. The molecular formula is C13H19NO2. The first-order chi connectivity index (χ1) is 7.54. The third kappa shape index (κ3) is 3.26. The smallest absolute Gasteiger partial charge is 0.255 e. The summed E-state index contributed by atoms with van der Waals surface area (Å²) >= 11 is 0. The third-order valence-corrected chi connectivity index (χ3v) is 2.70. The molecule has 0 saturated carbocycles. The summed E-state index contributed by atoms with van der Waals surface area (Å²) in [6.07, 6.45) is 1.03. The first-order valence-electron chi connectivity index (χ1n) is 5.62. The zero-order chi connectivity index (χ0) is 12.1. The van der Waals surface area contributed by atoms with Crippen LogP contribution in [0.1, 0.15) is 36.2 Å². The Morgan fingerprint density at radius 1 is 1.50 bits per heavy atom. The zero-order valence-electron chi connectivity index (χ0n) is 10.1. The Bertz CT molecular complexity index is 374. The van der Waals surface area contributed by atoms with Crippen molar-refractivity contribution in [2.24, 2.45) is 5.92 Å². The van der Waals surface area contributed by atoms with Crippen LogP contribution in [0, 0.1) is 12.8 Å². The highest BCUT2D eigenvalue weighted by atomic mass is 16.3. The SMILES string of the molecule is CCC(C)CNC(=O)c1cc(C)ccc1O. The van der Waals surface area contributed by atoms with Gasteiger partial charge < -0.3 is 10.4 Å². The van der Waals surface area contributed by atoms with E-state index < -0.39 is 0 Å². The number of hydrogen-bond acceptors (Lipinski definition) is 2. The quantitative estimate of drug-likeness (QED) is 0.820. The Morgan fingerprint density at radius 3 is 2.81 bits per heavy atom. The Kier molecular flexibility index (Phi) is 4.35. The maximum Gasteiger partial charge on any atom is 0.255 e. The normalized spacial score (nSPS) is 12.2. The lowest BCUT2D eigenvalue weighted by Crippen LogP contribution is -2.28. The molecule has 3 heteroatoms. The molecule has 88 valence electrons. The summed E-state index contributed by atoms with van der Waals surface area (Å²) in [6.45, 7) is 6.70. The van der Waals surface area contributed by atoms with Crippen LogP contribution in [0.15, 0.2) is 18.2 Å². The van der Waals surface area contributed by atoms with Crippen molar-refractivity contribution in [3.8, 4) is 5.75 Å². The number of hydrogen-bond donors (Lipinski definition) is 2. The van der Waals surface area contributed by atoms with Gasteiger partial charge >= 0.3 is 0 Å². The van der Waals surface area contributed by atoms with Crippen LogP contribution >= 0.6 is 0 Å². The topological polar surface area (TPSA) is 49.3 Å². The number of carbonyl (C=O) groups excluding carboxylic acids is 1. The first kappa shape index (κ1) is 12.6. The summed E-state index contributed by atoms with van der Waals surface area (Å²) in [4.78, 5) is 11.8. The van der Waals surface area contributed by atoms with E-state index in [9.17, 15) is 9.90 Å². The summed E-state index contributed by atoms with van der Waals surface area (Å²) in [5.74, 6) is 0.282. The monoisotopic (exact) mass is 221 g/mol. The van der Waals surface area contributed by atoms with Gasteiger partial charge in [-0.15, -0.1) is 0 Å². The second-order valence-electron chi connectivity index (χ2n) is 4.24. The summed E-state index contributed by atoms with van der Waals surface area (Å²) < 4.78 is 0. The van der Waals surface area contributed by atoms with Gasteiger partial charge in [0.25, 0.3) is 5.91 Å². The molecule has 16 heavy (non-hydrogen) atoms. The highest BCUT2D eigenvalue weighted by Gasteiger charge is 2.11. The van der Waals surface area contributed by atoms with Crippen LogP contribution in [0.3, 0.4) is 0 Å². The summed E-state index contributed by atoms with van der Waals surface area (Å²) in [5, 5.41) is 12.4. The van der Waals surface area contributed by atoms with Gasteiger partial charge in [0.2, 0.25) is 0 Å². The molecular weight excluding hydrogens is 202 g/mol. The molecule has 1 unspecified atom stereocenters. The van der Waals surface area contributed by atoms with Gasteiger partial charge in [-0.1, -0.05) is 31.9 Å². The number of benzene rings is 1. The molecule has 1 aromatic rings. The molecule has 0 aliphatic rings. The van der Waals surface area contributed by atoms with Crippen LogP contribution in [-0.4, -0.2) is 17.6 Å². The number of phenols is 1. The predicted molar refractivity (Wildman–Crippen MR) is 64.6 cm³/mol. The van der Waals surface area contributed by atoms with Crippen LogP contribution in [0.25, 0.3) is 0 Å². The molecule has 0 spiro atoms. The maximum atomic E-state index is 11.8. The second-order valence-corrected chi connectivity index (χ2v) is 4.24. The van der Waals surface area contributed by atoms with Gasteiger partial charge in [0.05, 0.1) is 5.56 Å². The minimum Gasteiger partial charge on any atom is -0.507 e. The summed E-state index contributed by atoms with van der Waals surface area (Å²) in [5.41, 5.74) is 1.31. The largest absolute Gasteiger partial charge is 0.507 e. The first-order valence-corrected chi connectivity index (χ1v) is 5.62. The molecule has 0 aliphatic heterocycles. The zero-order valence-corrected chi connectivity index (χ0v) is 10.1. The molecule has 2 N–H and O–H groups in total. The van der Waals surface area contributed by atoms with E-state index in [0.717, 1.165) is 12.0 Å². The average Bonchev–Trinajstić information content (AvgIpc) is 2.28. The van der Waals surface area contributed by atoms with Gasteiger partial charge in [-0.3, -0.25) is 4.79 Å². The van der Waals surface area contributed by atoms with Gasteiger partial charge in [0.1, 0.15) is 5.75 Å². The van der Waals surface area contributed by atoms with Gasteiger partial charge in [0.15, 0.2) is 0 Å². The van der Waals surface area contributed by atoms with Crippen LogP contribution in [0.2, 0.25) is 0 Å². The second kappa shape index (κ2) is 5.54. The van der Waals surface area contributed by atoms with Gasteiger partial charge in [-0.2, -0.15) is 0 Å². The molecule has 1 atom stereocenters. The van der Waals surface area contributed by atoms with Crippen molar-refractivity contribution >= 4 is 5.91 Å². The number of carbonyl (C=O) groups is 1. The van der Waals surface area contributed by atoms with E-state index in [1.165, 1.54) is 0 Å². The summed E-state index contributed by atoms with van der Waals surface area (Å²) in [7, 11) is 0. The molecule has 1 rings (SSSR count). The van der Waals surface area contributed by atoms with Crippen LogP contribution in [-0.2, 0) is 0 Å². The fourth-order valence-electron chi connectivity index (χ4n) is 1.34. The molecule has 1 amide bonds. The van der Waals surface area contributed by atoms with Crippen molar-refractivity contribution < 1.29 is 9.90 Å². The standard InChI is InChI=1S/C13H19NO2/c1-4-9(2)8-14-13(16)11-7-10(3)5-6-12(11)15/h5-7,9,15H,4,8H2,1-3H3,(H,14,16). The molecule has 0 radical (unpaired) electrons. The molecule has 0 saturated heterocycles. The lowest BCUT2D eigenvalue weighted by molar-refractivity contribution is 0.0945. The highest BCUT2D eigenvalue weighted by molar-refractivity contribution is 5.96. The summed E-state index contributed by atoms with van der Waals surface area (Å²) in [6, 6.07) is 5.02. The molecule has 0 bridgehead atoms. The lowest BCUT2D eigenvalue weighted by Gasteiger charge is -2.11. The van der Waals surface area contributed by atoms with E-state index in [2.05, 4.69) is 19.2 Å². The maximum absolute atomic E-state index is 11.8. The van der Waals surface area contributed by atoms with Crippen molar-refractivity contribution in [3.63, 3.8) is 0 Å². The van der Waals surface area contributed by atoms with Gasteiger partial charge in [-0.25, -0.2) is 0 Å². The predicted octanol–water partition coefficient (Wildman–Crippen LogP) is 2.48. The number of aryl methyl sites for hydroxylation is 1. The fraction of sp³-hybridized carbons (Fsp3) is 0.462. The van der Waals surface area contributed by atoms with Crippen molar-refractivity contribution in [1.82, 2.24) is 5.32 Å². The van der Waals surface area contributed by atoms with Crippen LogP contribution in [0.4, 0.5) is 0 Å². The number of aromatic hydroxyl groups is 1. The molecule has 3 nitrogen and oxygen atoms in total. The minimum atomic E-state index is -0.207. The Morgan fingerprint density at radius 2 is 2.19 bits per heavy atom. The van der Waals surface area contributed by atoms with Crippen molar-refractivity contribution in [1.29, 1.82) is 0 Å². The van der Waals surface area contributed by atoms with E-state index in [0.29, 0.717) is 18.0 Å². The Hall–Kier alpha value is -1.51. The van der Waals surface area contributed by atoms with E-state index in [4.69, 9.17) is 0 Å². The van der Waals surface area contributed by atoms with Gasteiger partial charge in [0, 0.05) is 6.54 Å². The van der Waals surface area contributed by atoms with Crippen molar-refractivity contribution in [2.75, 3.05) is 6.54 Å². The Balaban J connectivity index is 2.69. The van der Waals surface area contributed by atoms with E-state index in [-0.39, 0.29) is 11.7 Å². The number of phenolic OH excluding ortho intramolecular Hbond substituents is 1. The average molecular weight is 221 g/mol. The van der Waals surface area contributed by atoms with Crippen molar-refractivity contribution in [2.45, 2.75) is 27.2 Å². The Labute approximate surface area is 96.5 Å². The third-order valence-electron chi connectivity index (χ3n) is 2.70. The van der Waals surface area contributed by atoms with Gasteiger partial charge in [-0.05, 0) is 25.0 Å². The molecule has 0 aromatic heterocycles. The number of nitrogens with one attached hydrogen (secondary N) is 1. The number of rotatable bonds is 4. The molecule has 0 heterocycles. The van der Waals surface area contributed by atoms with Crippen LogP contribution in [0.5, 0.6) is 5.75 Å². The van der Waals surface area contributed by atoms with E-state index >= 15 is 0 Å². The van der Waals surface area contributed by atoms with Crippen molar-refractivity contribution in [3.05, 3.63) is 29.3 Å². The number of amides is 1. The fourth-order valence-corrected chi connectivity index (χ4v) is 1.34. The van der Waals surface area contributed by atoms with E-state index in [1.54, 1.807) is 18.2 Å². The molecule has 1 aromatic carbocycles. The molecule has 0 aliphatic carbocycles. The molecule has 0 fully saturated rings.